The maximum atomic E-state index is 12.3. The van der Waals surface area contributed by atoms with Gasteiger partial charge in [-0.15, -0.1) is 0 Å². The summed E-state index contributed by atoms with van der Waals surface area (Å²) >= 11 is 0. The first-order valence-electron chi connectivity index (χ1n) is 20.7. The molecule has 0 aromatic carbocycles. The number of hydrogen-bond donors (Lipinski definition) is 8. The van der Waals surface area contributed by atoms with Gasteiger partial charge in [0.1, 0.15) is 42.7 Å². The van der Waals surface area contributed by atoms with Crippen molar-refractivity contribution in [3.63, 3.8) is 0 Å². The van der Waals surface area contributed by atoms with Crippen molar-refractivity contribution in [2.24, 2.45) is 45.3 Å². The molecule has 0 aromatic rings. The van der Waals surface area contributed by atoms with E-state index in [0.717, 1.165) is 51.4 Å². The zero-order valence-electron chi connectivity index (χ0n) is 33.6. The minimum absolute atomic E-state index is 0.00233. The Kier molecular flexibility index (Phi) is 10.8. The van der Waals surface area contributed by atoms with Crippen LogP contribution >= 0.6 is 0 Å². The van der Waals surface area contributed by atoms with Crippen LogP contribution < -0.4 is 0 Å². The molecule has 0 spiro atoms. The molecule has 0 unspecified atom stereocenters. The molecular weight excluding hydrogens is 700 g/mol. The third-order valence-electron chi connectivity index (χ3n) is 17.1. The molecule has 7 rings (SSSR count). The molecule has 54 heavy (non-hydrogen) atoms. The van der Waals surface area contributed by atoms with E-state index in [0.29, 0.717) is 6.42 Å². The molecule has 8 N–H and O–H groups in total. The fourth-order valence-electron chi connectivity index (χ4n) is 13.8. The fraction of sp³-hybridized carbons (Fsp3) is 1.00. The van der Waals surface area contributed by atoms with Gasteiger partial charge in [0.2, 0.25) is 0 Å². The van der Waals surface area contributed by atoms with E-state index in [4.69, 9.17) is 23.7 Å². The predicted octanol–water partition coefficient (Wildman–Crippen LogP) is 2.00. The molecule has 7 fully saturated rings. The Hall–Kier alpha value is -0.520. The maximum Gasteiger partial charge on any atom is 0.187 e. The van der Waals surface area contributed by atoms with Gasteiger partial charge in [0.15, 0.2) is 12.6 Å². The lowest BCUT2D eigenvalue weighted by Crippen LogP contribution is -2.67. The zero-order valence-corrected chi connectivity index (χ0v) is 33.6. The molecule has 4 aliphatic carbocycles. The van der Waals surface area contributed by atoms with Gasteiger partial charge in [0.25, 0.3) is 0 Å². The van der Waals surface area contributed by atoms with E-state index in [2.05, 4.69) is 41.5 Å². The Bertz CT molecular complexity index is 1360. The molecule has 312 valence electrons. The van der Waals surface area contributed by atoms with Crippen LogP contribution in [-0.4, -0.2) is 139 Å². The molecule has 7 aliphatic rings. The molecule has 13 nitrogen and oxygen atoms in total. The Balaban J connectivity index is 1.09. The minimum Gasteiger partial charge on any atom is -0.394 e. The van der Waals surface area contributed by atoms with Gasteiger partial charge in [-0.25, -0.2) is 0 Å². The summed E-state index contributed by atoms with van der Waals surface area (Å²) < 4.78 is 31.0. The highest BCUT2D eigenvalue weighted by molar-refractivity contribution is 5.20. The number of hydrogen-bond acceptors (Lipinski definition) is 13. The van der Waals surface area contributed by atoms with Gasteiger partial charge < -0.3 is 64.5 Å². The highest BCUT2D eigenvalue weighted by Gasteiger charge is 2.72. The van der Waals surface area contributed by atoms with Crippen molar-refractivity contribution >= 4 is 0 Å². The van der Waals surface area contributed by atoms with Gasteiger partial charge in [0.05, 0.1) is 42.7 Å². The molecule has 0 amide bonds. The molecular formula is C41H70O13. The van der Waals surface area contributed by atoms with E-state index in [-0.39, 0.29) is 69.7 Å². The van der Waals surface area contributed by atoms with Crippen molar-refractivity contribution in [3.05, 3.63) is 0 Å². The van der Waals surface area contributed by atoms with Crippen LogP contribution in [0.4, 0.5) is 0 Å². The highest BCUT2D eigenvalue weighted by atomic mass is 16.8. The predicted molar refractivity (Wildman–Crippen MR) is 194 cm³/mol. The molecule has 0 radical (unpaired) electrons. The zero-order chi connectivity index (χ0) is 39.6. The van der Waals surface area contributed by atoms with Gasteiger partial charge in [-0.05, 0) is 124 Å². The Morgan fingerprint density at radius 2 is 1.39 bits per heavy atom. The molecule has 20 atom stereocenters. The number of rotatable bonds is 7. The molecule has 0 aromatic heterocycles. The second-order valence-electron chi connectivity index (χ2n) is 20.6. The van der Waals surface area contributed by atoms with E-state index in [9.17, 15) is 40.9 Å². The summed E-state index contributed by atoms with van der Waals surface area (Å²) in [6.45, 7) is 16.9. The van der Waals surface area contributed by atoms with Crippen molar-refractivity contribution in [3.8, 4) is 0 Å². The number of aliphatic hydroxyl groups excluding tert-OH is 7. The monoisotopic (exact) mass is 770 g/mol. The number of fused-ring (bicyclic) bond motifs is 5. The van der Waals surface area contributed by atoms with Crippen LogP contribution in [0.25, 0.3) is 0 Å². The lowest BCUT2D eigenvalue weighted by Gasteiger charge is -2.70. The van der Waals surface area contributed by atoms with Crippen LogP contribution in [0.1, 0.15) is 113 Å². The average Bonchev–Trinajstić information content (AvgIpc) is 3.69. The molecule has 4 saturated carbocycles. The van der Waals surface area contributed by atoms with Gasteiger partial charge in [-0.1, -0.05) is 34.6 Å². The van der Waals surface area contributed by atoms with Crippen molar-refractivity contribution in [2.75, 3.05) is 13.2 Å². The summed E-state index contributed by atoms with van der Waals surface area (Å²) in [4.78, 5) is 0. The third kappa shape index (κ3) is 6.28. The van der Waals surface area contributed by atoms with E-state index in [1.54, 1.807) is 0 Å². The van der Waals surface area contributed by atoms with Crippen LogP contribution in [-0.2, 0) is 23.7 Å². The molecule has 3 heterocycles. The van der Waals surface area contributed by atoms with E-state index in [1.807, 2.05) is 13.8 Å². The molecule has 13 heteroatoms. The summed E-state index contributed by atoms with van der Waals surface area (Å²) in [5.74, 6) is 0.864. The van der Waals surface area contributed by atoms with Crippen molar-refractivity contribution < 1.29 is 64.5 Å². The minimum atomic E-state index is -1.70. The lowest BCUT2D eigenvalue weighted by molar-refractivity contribution is -0.367. The number of aliphatic hydroxyl groups is 8. The van der Waals surface area contributed by atoms with Gasteiger partial charge in [-0.2, -0.15) is 0 Å². The second-order valence-corrected chi connectivity index (χ2v) is 20.6. The van der Waals surface area contributed by atoms with Crippen molar-refractivity contribution in [1.29, 1.82) is 0 Å². The molecule has 3 saturated heterocycles. The van der Waals surface area contributed by atoms with Crippen LogP contribution in [0, 0.1) is 45.3 Å². The van der Waals surface area contributed by atoms with E-state index in [1.165, 1.54) is 0 Å². The Morgan fingerprint density at radius 3 is 2.04 bits per heavy atom. The SMILES string of the molecule is CC(C)(O)[C@H]1CC[C@@](C)([C@H]2CC[C@]3(C)[C@@H]2[C@H](O)C[C@@H]2[C@@]4(C)CC[C@H](O[C@@H]5OC[C@@H](O)[C@H](O)[C@H]5O[C@@H]5O[C@H](CO)[C@@H](O)[C@H](O)[C@H]5O)C(C)(C)[C@@H]4CC[C@]23C)O1. The topological polar surface area (TPSA) is 208 Å². The van der Waals surface area contributed by atoms with Crippen LogP contribution in [0.2, 0.25) is 0 Å². The van der Waals surface area contributed by atoms with Crippen LogP contribution in [0.15, 0.2) is 0 Å². The van der Waals surface area contributed by atoms with Crippen molar-refractivity contribution in [1.82, 2.24) is 0 Å². The largest absolute Gasteiger partial charge is 0.394 e. The summed E-state index contributed by atoms with van der Waals surface area (Å²) in [7, 11) is 0. The average molecular weight is 771 g/mol. The number of ether oxygens (including phenoxy) is 5. The summed E-state index contributed by atoms with van der Waals surface area (Å²) in [6.07, 6.45) is -5.82. The fourth-order valence-corrected chi connectivity index (χ4v) is 13.8. The highest BCUT2D eigenvalue weighted by Crippen LogP contribution is 2.76. The first-order chi connectivity index (χ1) is 25.0. The van der Waals surface area contributed by atoms with E-state index >= 15 is 0 Å². The van der Waals surface area contributed by atoms with Gasteiger partial charge in [-0.3, -0.25) is 0 Å². The molecule has 3 aliphatic heterocycles. The maximum absolute atomic E-state index is 12.3. The standard InChI is InChI=1S/C41H70O13/c1-36(2)24-10-15-39(6)25(17-21(43)28-20(9-14-40(28,39)7)41(8)16-12-27(54-41)37(3,4)49)38(24,5)13-11-26(36)52-35-33(29(45)22(44)19-50-35)53-34-32(48)31(47)30(46)23(18-42)51-34/h20-35,42-49H,9-19H2,1-8H3/t20-,21+,22+,23+,24-,25+,26-,27+,28-,29-,30+,31-,32+,33+,34-,35-,38-,39+,40+,41-/m0/s1. The van der Waals surface area contributed by atoms with Crippen LogP contribution in [0.3, 0.4) is 0 Å². The van der Waals surface area contributed by atoms with E-state index < -0.39 is 73.6 Å². The first-order valence-corrected chi connectivity index (χ1v) is 20.7. The molecule has 0 bridgehead atoms. The Labute approximate surface area is 320 Å². The smallest absolute Gasteiger partial charge is 0.187 e. The van der Waals surface area contributed by atoms with Gasteiger partial charge >= 0.3 is 0 Å². The first kappa shape index (κ1) is 41.6. The normalized spacial score (nSPS) is 56.2. The summed E-state index contributed by atoms with van der Waals surface area (Å²) in [6, 6.07) is 0. The lowest BCUT2D eigenvalue weighted by atomic mass is 9.35. The second kappa shape index (κ2) is 14.1. The third-order valence-corrected chi connectivity index (χ3v) is 17.1. The van der Waals surface area contributed by atoms with Gasteiger partial charge in [0, 0.05) is 0 Å². The Morgan fingerprint density at radius 1 is 0.704 bits per heavy atom. The summed E-state index contributed by atoms with van der Waals surface area (Å²) in [5, 5.41) is 85.7. The van der Waals surface area contributed by atoms with Crippen LogP contribution in [0.5, 0.6) is 0 Å². The quantitative estimate of drug-likeness (QED) is 0.175. The summed E-state index contributed by atoms with van der Waals surface area (Å²) in [5.41, 5.74) is -1.81. The van der Waals surface area contributed by atoms with Crippen molar-refractivity contribution in [2.45, 2.75) is 198 Å².